The number of aliphatic hydroxyl groups excluding tert-OH is 11. The zero-order chi connectivity index (χ0) is 34.2. The van der Waals surface area contributed by atoms with Crippen LogP contribution in [0.1, 0.15) is 20.8 Å². The van der Waals surface area contributed by atoms with E-state index in [-0.39, 0.29) is 0 Å². The summed E-state index contributed by atoms with van der Waals surface area (Å²) in [6.45, 7) is 2.35. The van der Waals surface area contributed by atoms with Gasteiger partial charge in [-0.05, 0) is 13.8 Å². The number of amides is 1. The molecule has 4 fully saturated rings. The first-order chi connectivity index (χ1) is 21.6. The summed E-state index contributed by atoms with van der Waals surface area (Å²) in [5.74, 6) is -0.619. The van der Waals surface area contributed by atoms with Gasteiger partial charge in [-0.15, -0.1) is 0 Å². The number of hydrogen-bond donors (Lipinski definition) is 12. The molecule has 20 nitrogen and oxygen atoms in total. The van der Waals surface area contributed by atoms with Gasteiger partial charge in [0.2, 0.25) is 5.91 Å². The van der Waals surface area contributed by atoms with Crippen LogP contribution in [0.5, 0.6) is 0 Å². The molecule has 4 heterocycles. The smallest absolute Gasteiger partial charge is 0.217 e. The van der Waals surface area contributed by atoms with Gasteiger partial charge >= 0.3 is 0 Å². The largest absolute Gasteiger partial charge is 0.394 e. The van der Waals surface area contributed by atoms with E-state index in [2.05, 4.69) is 5.32 Å². The van der Waals surface area contributed by atoms with Crippen LogP contribution in [0, 0.1) is 0 Å². The SMILES string of the molecule is CC(=O)N[C@H]1C(O)O[C@H](CO)[C@@H](O[C@H]2O[C@@H](C)[C@@H](O[C@@H]3O[C@H](CO)[C@H](O)[C@H](O)[C@H]3O[C@H]3O[C@@H](C)[C@@H](O)[C@@H](O)[C@@H]3O)[C@@H](O)[C@@H]2O)[C@@H]1O. The molecule has 20 heteroatoms. The first-order valence-corrected chi connectivity index (χ1v) is 14.8. The molecule has 0 spiro atoms. The zero-order valence-electron chi connectivity index (χ0n) is 25.1. The maximum Gasteiger partial charge on any atom is 0.217 e. The van der Waals surface area contributed by atoms with Gasteiger partial charge in [-0.1, -0.05) is 0 Å². The summed E-state index contributed by atoms with van der Waals surface area (Å²) in [5.41, 5.74) is 0. The van der Waals surface area contributed by atoms with Crippen LogP contribution in [0.4, 0.5) is 0 Å². The van der Waals surface area contributed by atoms with Crippen molar-refractivity contribution in [1.29, 1.82) is 0 Å². The van der Waals surface area contributed by atoms with E-state index in [0.29, 0.717) is 0 Å². The van der Waals surface area contributed by atoms with E-state index in [4.69, 9.17) is 33.2 Å². The van der Waals surface area contributed by atoms with Crippen molar-refractivity contribution in [3.8, 4) is 0 Å². The van der Waals surface area contributed by atoms with Crippen LogP contribution in [0.15, 0.2) is 0 Å². The molecule has 4 rings (SSSR count). The van der Waals surface area contributed by atoms with Crippen LogP contribution in [0.2, 0.25) is 0 Å². The highest BCUT2D eigenvalue weighted by molar-refractivity contribution is 5.73. The van der Waals surface area contributed by atoms with Crippen molar-refractivity contribution in [2.75, 3.05) is 13.2 Å². The standard InChI is InChI=1S/C26H45NO19/c1-6-12(31)15(34)18(37)24(40-6)46-22-16(35)13(32)9(4-28)43-26(22)44-20-7(2)41-25(19(38)17(20)36)45-21-10(5-29)42-23(39)11(14(21)33)27-8(3)30/h6-7,9-26,28-29,31-39H,4-5H2,1-3H3,(H,27,30)/t6-,7-,9+,10+,11+,12+,13-,14+,15+,16-,17-,18-,19-,20+,21+,22+,23?,24+,25+,26-/m0/s1. The van der Waals surface area contributed by atoms with Crippen LogP contribution in [-0.4, -0.2) is 198 Å². The summed E-state index contributed by atoms with van der Waals surface area (Å²) in [6.07, 6.45) is -30.4. The first kappa shape index (κ1) is 37.6. The summed E-state index contributed by atoms with van der Waals surface area (Å²) in [5, 5.41) is 117. The molecule has 20 atom stereocenters. The van der Waals surface area contributed by atoms with Gasteiger partial charge < -0.3 is 94.6 Å². The summed E-state index contributed by atoms with van der Waals surface area (Å²) in [4.78, 5) is 11.6. The van der Waals surface area contributed by atoms with Crippen molar-refractivity contribution in [1.82, 2.24) is 5.32 Å². The lowest BCUT2D eigenvalue weighted by molar-refractivity contribution is -0.390. The summed E-state index contributed by atoms with van der Waals surface area (Å²) in [7, 11) is 0. The predicted octanol–water partition coefficient (Wildman–Crippen LogP) is -7.55. The number of carbonyl (C=O) groups is 1. The normalized spacial score (nSPS) is 51.9. The fourth-order valence-electron chi connectivity index (χ4n) is 5.85. The molecule has 268 valence electrons. The third-order valence-corrected chi connectivity index (χ3v) is 8.53. The minimum atomic E-state index is -1.91. The van der Waals surface area contributed by atoms with Gasteiger partial charge in [-0.25, -0.2) is 0 Å². The van der Waals surface area contributed by atoms with E-state index < -0.39 is 142 Å². The summed E-state index contributed by atoms with van der Waals surface area (Å²) < 4.78 is 39.2. The van der Waals surface area contributed by atoms with Crippen LogP contribution in [0.25, 0.3) is 0 Å². The van der Waals surface area contributed by atoms with Crippen LogP contribution >= 0.6 is 0 Å². The molecule has 0 bridgehead atoms. The van der Waals surface area contributed by atoms with Crippen molar-refractivity contribution in [2.24, 2.45) is 0 Å². The fraction of sp³-hybridized carbons (Fsp3) is 0.962. The van der Waals surface area contributed by atoms with E-state index in [1.807, 2.05) is 0 Å². The third kappa shape index (κ3) is 7.64. The number of carbonyl (C=O) groups excluding carboxylic acids is 1. The number of ether oxygens (including phenoxy) is 7. The Morgan fingerprint density at radius 1 is 0.565 bits per heavy atom. The number of rotatable bonds is 9. The van der Waals surface area contributed by atoms with Gasteiger partial charge in [0, 0.05) is 6.92 Å². The Morgan fingerprint density at radius 2 is 1.09 bits per heavy atom. The van der Waals surface area contributed by atoms with E-state index in [1.165, 1.54) is 13.8 Å². The number of aliphatic hydroxyl groups is 11. The maximum absolute atomic E-state index is 11.6. The molecule has 4 aliphatic rings. The van der Waals surface area contributed by atoms with Crippen LogP contribution < -0.4 is 5.32 Å². The first-order valence-electron chi connectivity index (χ1n) is 14.8. The third-order valence-electron chi connectivity index (χ3n) is 8.53. The van der Waals surface area contributed by atoms with Crippen LogP contribution in [-0.2, 0) is 38.0 Å². The van der Waals surface area contributed by atoms with Crippen molar-refractivity contribution < 1.29 is 94.1 Å². The minimum absolute atomic E-state index is 0.619. The zero-order valence-corrected chi connectivity index (χ0v) is 25.1. The highest BCUT2D eigenvalue weighted by atomic mass is 16.8. The summed E-state index contributed by atoms with van der Waals surface area (Å²) in [6, 6.07) is -1.38. The molecule has 46 heavy (non-hydrogen) atoms. The Hall–Kier alpha value is -1.25. The van der Waals surface area contributed by atoms with E-state index >= 15 is 0 Å². The average Bonchev–Trinajstić information content (AvgIpc) is 3.01. The van der Waals surface area contributed by atoms with Gasteiger partial charge in [0.15, 0.2) is 25.2 Å². The highest BCUT2D eigenvalue weighted by Crippen LogP contribution is 2.34. The monoisotopic (exact) mass is 675 g/mol. The molecule has 4 aliphatic heterocycles. The lowest BCUT2D eigenvalue weighted by atomic mass is 9.95. The average molecular weight is 676 g/mol. The molecule has 0 aliphatic carbocycles. The van der Waals surface area contributed by atoms with E-state index in [0.717, 1.165) is 6.92 Å². The second-order valence-electron chi connectivity index (χ2n) is 11.8. The Bertz CT molecular complexity index is 997. The molecule has 4 saturated heterocycles. The van der Waals surface area contributed by atoms with E-state index in [9.17, 15) is 61.0 Å². The Balaban J connectivity index is 1.49. The molecule has 1 unspecified atom stereocenters. The molecular formula is C26H45NO19. The molecule has 1 amide bonds. The van der Waals surface area contributed by atoms with Crippen molar-refractivity contribution >= 4 is 5.91 Å². The summed E-state index contributed by atoms with van der Waals surface area (Å²) >= 11 is 0. The Kier molecular flexibility index (Phi) is 12.7. The van der Waals surface area contributed by atoms with Gasteiger partial charge in [-0.2, -0.15) is 0 Å². The predicted molar refractivity (Wildman–Crippen MR) is 143 cm³/mol. The van der Waals surface area contributed by atoms with Gasteiger partial charge in [0.25, 0.3) is 0 Å². The van der Waals surface area contributed by atoms with Gasteiger partial charge in [0.1, 0.15) is 85.4 Å². The van der Waals surface area contributed by atoms with Gasteiger partial charge in [-0.3, -0.25) is 4.79 Å². The number of hydrogen-bond acceptors (Lipinski definition) is 19. The van der Waals surface area contributed by atoms with Crippen LogP contribution in [0.3, 0.4) is 0 Å². The van der Waals surface area contributed by atoms with E-state index in [1.54, 1.807) is 0 Å². The second-order valence-corrected chi connectivity index (χ2v) is 11.8. The second kappa shape index (κ2) is 15.5. The Labute approximate surface area is 262 Å². The highest BCUT2D eigenvalue weighted by Gasteiger charge is 2.54. The molecule has 0 radical (unpaired) electrons. The molecule has 0 aromatic carbocycles. The topological polar surface area (TPSA) is 316 Å². The molecular weight excluding hydrogens is 630 g/mol. The fourth-order valence-corrected chi connectivity index (χ4v) is 5.85. The molecule has 0 aromatic rings. The van der Waals surface area contributed by atoms with Crippen molar-refractivity contribution in [2.45, 2.75) is 144 Å². The lowest BCUT2D eigenvalue weighted by Gasteiger charge is -2.49. The van der Waals surface area contributed by atoms with Crippen molar-refractivity contribution in [3.05, 3.63) is 0 Å². The van der Waals surface area contributed by atoms with Gasteiger partial charge in [0.05, 0.1) is 25.4 Å². The maximum atomic E-state index is 11.6. The lowest BCUT2D eigenvalue weighted by Crippen LogP contribution is -2.68. The molecule has 12 N–H and O–H groups in total. The molecule has 0 aromatic heterocycles. The molecule has 0 saturated carbocycles. The Morgan fingerprint density at radius 3 is 1.67 bits per heavy atom. The quantitative estimate of drug-likeness (QED) is 0.108. The minimum Gasteiger partial charge on any atom is -0.394 e. The number of nitrogens with one attached hydrogen (secondary N) is 1. The van der Waals surface area contributed by atoms with Crippen molar-refractivity contribution in [3.63, 3.8) is 0 Å².